The van der Waals surface area contributed by atoms with Crippen molar-refractivity contribution in [3.8, 4) is 0 Å². The minimum absolute atomic E-state index is 0.605. The van der Waals surface area contributed by atoms with Crippen molar-refractivity contribution < 1.29 is 0 Å². The van der Waals surface area contributed by atoms with Gasteiger partial charge in [-0.05, 0) is 37.3 Å². The van der Waals surface area contributed by atoms with Gasteiger partial charge in [0.2, 0.25) is 0 Å². The summed E-state index contributed by atoms with van der Waals surface area (Å²) in [7, 11) is 0. The van der Waals surface area contributed by atoms with Crippen molar-refractivity contribution in [2.75, 3.05) is 11.4 Å². The molecule has 88 valence electrons. The van der Waals surface area contributed by atoms with Gasteiger partial charge < -0.3 is 4.90 Å². The van der Waals surface area contributed by atoms with E-state index in [4.69, 9.17) is 11.6 Å². The van der Waals surface area contributed by atoms with E-state index in [0.717, 1.165) is 5.92 Å². The standard InChI is InChI=1S/C14H20ClN/c1-11-6-5-9-16(12(11)2)14-8-4-3-7-13(14)10-15/h3-4,7-8,11-12H,5-6,9-10H2,1-2H3. The van der Waals surface area contributed by atoms with Crippen molar-refractivity contribution >= 4 is 17.3 Å². The van der Waals surface area contributed by atoms with Gasteiger partial charge in [0.1, 0.15) is 0 Å². The average molecular weight is 238 g/mol. The molecule has 0 radical (unpaired) electrons. The first kappa shape index (κ1) is 11.8. The maximum atomic E-state index is 6.01. The van der Waals surface area contributed by atoms with Gasteiger partial charge in [0.15, 0.2) is 0 Å². The molecule has 2 atom stereocenters. The van der Waals surface area contributed by atoms with Crippen molar-refractivity contribution in [3.05, 3.63) is 29.8 Å². The van der Waals surface area contributed by atoms with Gasteiger partial charge in [0.05, 0.1) is 0 Å². The van der Waals surface area contributed by atoms with Crippen LogP contribution in [0.25, 0.3) is 0 Å². The second kappa shape index (κ2) is 5.09. The number of anilines is 1. The highest BCUT2D eigenvalue weighted by atomic mass is 35.5. The third kappa shape index (κ3) is 2.20. The topological polar surface area (TPSA) is 3.24 Å². The monoisotopic (exact) mass is 237 g/mol. The van der Waals surface area contributed by atoms with Crippen LogP contribution in [0, 0.1) is 5.92 Å². The van der Waals surface area contributed by atoms with E-state index < -0.39 is 0 Å². The Bertz CT molecular complexity index is 350. The number of para-hydroxylation sites is 1. The Morgan fingerprint density at radius 3 is 2.81 bits per heavy atom. The molecule has 2 heteroatoms. The molecule has 1 aromatic carbocycles. The van der Waals surface area contributed by atoms with Crippen LogP contribution in [0.4, 0.5) is 5.69 Å². The van der Waals surface area contributed by atoms with Crippen LogP contribution in [0.5, 0.6) is 0 Å². The third-order valence-electron chi connectivity index (χ3n) is 3.82. The van der Waals surface area contributed by atoms with Gasteiger partial charge in [-0.15, -0.1) is 11.6 Å². The average Bonchev–Trinajstić information content (AvgIpc) is 2.33. The zero-order valence-corrected chi connectivity index (χ0v) is 10.9. The number of rotatable bonds is 2. The molecular formula is C14H20ClN. The van der Waals surface area contributed by atoms with Gasteiger partial charge in [-0.1, -0.05) is 25.1 Å². The maximum Gasteiger partial charge on any atom is 0.0494 e. The molecule has 0 N–H and O–H groups in total. The van der Waals surface area contributed by atoms with Gasteiger partial charge in [-0.3, -0.25) is 0 Å². The van der Waals surface area contributed by atoms with Crippen molar-refractivity contribution in [2.24, 2.45) is 5.92 Å². The Morgan fingerprint density at radius 1 is 1.31 bits per heavy atom. The molecule has 0 amide bonds. The number of hydrogen-bond donors (Lipinski definition) is 0. The van der Waals surface area contributed by atoms with Gasteiger partial charge in [-0.25, -0.2) is 0 Å². The van der Waals surface area contributed by atoms with Crippen LogP contribution in [0.3, 0.4) is 0 Å². The highest BCUT2D eigenvalue weighted by Gasteiger charge is 2.25. The molecule has 1 aromatic rings. The summed E-state index contributed by atoms with van der Waals surface area (Å²) in [4.78, 5) is 2.52. The van der Waals surface area contributed by atoms with E-state index in [-0.39, 0.29) is 0 Å². The van der Waals surface area contributed by atoms with Crippen molar-refractivity contribution in [1.82, 2.24) is 0 Å². The fraction of sp³-hybridized carbons (Fsp3) is 0.571. The first-order chi connectivity index (χ1) is 7.74. The van der Waals surface area contributed by atoms with Gasteiger partial charge >= 0.3 is 0 Å². The Balaban J connectivity index is 2.28. The lowest BCUT2D eigenvalue weighted by atomic mass is 9.91. The first-order valence-corrected chi connectivity index (χ1v) is 6.68. The summed E-state index contributed by atoms with van der Waals surface area (Å²) in [6.07, 6.45) is 2.64. The largest absolute Gasteiger partial charge is 0.368 e. The normalized spacial score (nSPS) is 25.8. The molecule has 0 aromatic heterocycles. The summed E-state index contributed by atoms with van der Waals surface area (Å²) in [6, 6.07) is 9.13. The lowest BCUT2D eigenvalue weighted by Crippen LogP contribution is -2.42. The molecule has 0 spiro atoms. The molecule has 1 heterocycles. The molecule has 1 nitrogen and oxygen atoms in total. The number of piperidine rings is 1. The number of halogens is 1. The van der Waals surface area contributed by atoms with Crippen LogP contribution in [-0.4, -0.2) is 12.6 Å². The highest BCUT2D eigenvalue weighted by molar-refractivity contribution is 6.17. The van der Waals surface area contributed by atoms with Gasteiger partial charge in [0, 0.05) is 24.2 Å². The van der Waals surface area contributed by atoms with E-state index in [1.807, 2.05) is 0 Å². The van der Waals surface area contributed by atoms with Crippen LogP contribution >= 0.6 is 11.6 Å². The lowest BCUT2D eigenvalue weighted by Gasteiger charge is -2.40. The number of benzene rings is 1. The van der Waals surface area contributed by atoms with Crippen molar-refractivity contribution in [3.63, 3.8) is 0 Å². The third-order valence-corrected chi connectivity index (χ3v) is 4.11. The first-order valence-electron chi connectivity index (χ1n) is 6.14. The Hall–Kier alpha value is -0.690. The van der Waals surface area contributed by atoms with E-state index >= 15 is 0 Å². The van der Waals surface area contributed by atoms with Crippen LogP contribution < -0.4 is 4.90 Å². The van der Waals surface area contributed by atoms with Gasteiger partial charge in [0.25, 0.3) is 0 Å². The molecule has 2 rings (SSSR count). The Kier molecular flexibility index (Phi) is 3.75. The summed E-state index contributed by atoms with van der Waals surface area (Å²) in [6.45, 7) is 5.84. The van der Waals surface area contributed by atoms with Gasteiger partial charge in [-0.2, -0.15) is 0 Å². The number of nitrogens with zero attached hydrogens (tertiary/aromatic N) is 1. The molecule has 0 bridgehead atoms. The molecule has 16 heavy (non-hydrogen) atoms. The SMILES string of the molecule is CC1CCCN(c2ccccc2CCl)C1C. The molecule has 2 unspecified atom stereocenters. The molecule has 1 fully saturated rings. The van der Waals surface area contributed by atoms with E-state index in [1.54, 1.807) is 0 Å². The number of hydrogen-bond acceptors (Lipinski definition) is 1. The smallest absolute Gasteiger partial charge is 0.0494 e. The fourth-order valence-corrected chi connectivity index (χ4v) is 2.81. The predicted molar refractivity (Wildman–Crippen MR) is 71.2 cm³/mol. The van der Waals surface area contributed by atoms with Crippen LogP contribution in [0.15, 0.2) is 24.3 Å². The number of alkyl halides is 1. The van der Waals surface area contributed by atoms with Crippen molar-refractivity contribution in [1.29, 1.82) is 0 Å². The minimum atomic E-state index is 0.605. The summed E-state index contributed by atoms with van der Waals surface area (Å²) in [5.41, 5.74) is 2.58. The minimum Gasteiger partial charge on any atom is -0.368 e. The van der Waals surface area contributed by atoms with Crippen molar-refractivity contribution in [2.45, 2.75) is 38.6 Å². The molecule has 0 saturated carbocycles. The summed E-state index contributed by atoms with van der Waals surface area (Å²) >= 11 is 6.01. The molecule has 1 aliphatic heterocycles. The Labute approximate surface area is 103 Å². The predicted octanol–water partition coefficient (Wildman–Crippen LogP) is 4.05. The second-order valence-electron chi connectivity index (χ2n) is 4.82. The zero-order valence-electron chi connectivity index (χ0n) is 10.1. The Morgan fingerprint density at radius 2 is 2.06 bits per heavy atom. The van der Waals surface area contributed by atoms with Crippen LogP contribution in [0.1, 0.15) is 32.3 Å². The fourth-order valence-electron chi connectivity index (χ4n) is 2.58. The quantitative estimate of drug-likeness (QED) is 0.702. The summed E-state index contributed by atoms with van der Waals surface area (Å²) < 4.78 is 0. The molecule has 1 saturated heterocycles. The zero-order chi connectivity index (χ0) is 11.5. The summed E-state index contributed by atoms with van der Waals surface area (Å²) in [5, 5.41) is 0. The molecule has 0 aliphatic carbocycles. The molecular weight excluding hydrogens is 218 g/mol. The molecule has 1 aliphatic rings. The van der Waals surface area contributed by atoms with Crippen LogP contribution in [-0.2, 0) is 5.88 Å². The van der Waals surface area contributed by atoms with E-state index in [0.29, 0.717) is 11.9 Å². The van der Waals surface area contributed by atoms with Crippen LogP contribution in [0.2, 0.25) is 0 Å². The summed E-state index contributed by atoms with van der Waals surface area (Å²) in [5.74, 6) is 1.38. The highest BCUT2D eigenvalue weighted by Crippen LogP contribution is 2.31. The van der Waals surface area contributed by atoms with E-state index in [9.17, 15) is 0 Å². The van der Waals surface area contributed by atoms with E-state index in [2.05, 4.69) is 43.0 Å². The lowest BCUT2D eigenvalue weighted by molar-refractivity contribution is 0.363. The second-order valence-corrected chi connectivity index (χ2v) is 5.08. The van der Waals surface area contributed by atoms with E-state index in [1.165, 1.54) is 30.6 Å². The maximum absolute atomic E-state index is 6.01.